The number of carbonyl (C=O) groups is 1. The maximum atomic E-state index is 11.4. The number of anilines is 1. The van der Waals surface area contributed by atoms with E-state index in [9.17, 15) is 4.79 Å². The van der Waals surface area contributed by atoms with Gasteiger partial charge in [0.25, 0.3) is 0 Å². The highest BCUT2D eigenvalue weighted by Crippen LogP contribution is 2.19. The van der Waals surface area contributed by atoms with Gasteiger partial charge in [0, 0.05) is 17.3 Å². The summed E-state index contributed by atoms with van der Waals surface area (Å²) >= 11 is 7.30. The van der Waals surface area contributed by atoms with E-state index in [1.54, 1.807) is 6.92 Å². The molecule has 0 radical (unpaired) electrons. The van der Waals surface area contributed by atoms with Crippen LogP contribution in [-0.4, -0.2) is 33.1 Å². The molecule has 0 aliphatic heterocycles. The molecule has 1 heterocycles. The van der Waals surface area contributed by atoms with Gasteiger partial charge in [-0.15, -0.1) is 10.2 Å². The van der Waals surface area contributed by atoms with Crippen molar-refractivity contribution in [3.63, 3.8) is 0 Å². The predicted octanol–water partition coefficient (Wildman–Crippen LogP) is 3.22. The lowest BCUT2D eigenvalue weighted by Gasteiger charge is -2.09. The molecule has 0 spiro atoms. The number of thioether (sulfide) groups is 1. The minimum Gasteiger partial charge on any atom is -0.465 e. The highest BCUT2D eigenvalue weighted by molar-refractivity contribution is 7.99. The lowest BCUT2D eigenvalue weighted by molar-refractivity contribution is -0.139. The molecule has 0 atom stereocenters. The molecule has 6 nitrogen and oxygen atoms in total. The first-order chi connectivity index (χ1) is 11.1. The van der Waals surface area contributed by atoms with Crippen LogP contribution in [0.1, 0.15) is 19.7 Å². The summed E-state index contributed by atoms with van der Waals surface area (Å²) in [6.07, 6.45) is 0. The summed E-state index contributed by atoms with van der Waals surface area (Å²) in [6, 6.07) is 7.50. The van der Waals surface area contributed by atoms with E-state index in [-0.39, 0.29) is 11.7 Å². The molecular formula is C15H19ClN4O2S. The maximum absolute atomic E-state index is 11.4. The minimum atomic E-state index is -0.248. The smallest absolute Gasteiger partial charge is 0.316 e. The van der Waals surface area contributed by atoms with Crippen molar-refractivity contribution in [1.82, 2.24) is 14.8 Å². The van der Waals surface area contributed by atoms with E-state index in [0.29, 0.717) is 23.3 Å². The molecule has 0 amide bonds. The average Bonchev–Trinajstić information content (AvgIpc) is 2.93. The highest BCUT2D eigenvalue weighted by Gasteiger charge is 2.13. The highest BCUT2D eigenvalue weighted by atomic mass is 35.5. The zero-order valence-corrected chi connectivity index (χ0v) is 14.7. The molecule has 23 heavy (non-hydrogen) atoms. The number of halogens is 1. The van der Waals surface area contributed by atoms with Crippen molar-refractivity contribution in [2.45, 2.75) is 32.1 Å². The summed E-state index contributed by atoms with van der Waals surface area (Å²) in [5.41, 5.74) is 0.920. The number of hydrogen-bond acceptors (Lipinski definition) is 6. The van der Waals surface area contributed by atoms with E-state index in [1.165, 1.54) is 11.8 Å². The Balaban J connectivity index is 1.98. The van der Waals surface area contributed by atoms with Gasteiger partial charge in [0.05, 0.1) is 18.9 Å². The van der Waals surface area contributed by atoms with Gasteiger partial charge >= 0.3 is 5.97 Å². The van der Waals surface area contributed by atoms with Crippen molar-refractivity contribution in [3.8, 4) is 0 Å². The molecule has 2 rings (SSSR count). The van der Waals surface area contributed by atoms with Gasteiger partial charge in [0.15, 0.2) is 11.0 Å². The van der Waals surface area contributed by atoms with Crippen molar-refractivity contribution in [1.29, 1.82) is 0 Å². The second-order valence-electron chi connectivity index (χ2n) is 4.60. The third-order valence-electron chi connectivity index (χ3n) is 3.01. The predicted molar refractivity (Wildman–Crippen MR) is 91.8 cm³/mol. The van der Waals surface area contributed by atoms with Crippen LogP contribution in [0.25, 0.3) is 0 Å². The molecule has 0 aliphatic rings. The first-order valence-electron chi connectivity index (χ1n) is 7.34. The molecule has 1 aromatic heterocycles. The van der Waals surface area contributed by atoms with Gasteiger partial charge < -0.3 is 14.6 Å². The number of benzene rings is 1. The topological polar surface area (TPSA) is 69.0 Å². The fraction of sp³-hybridized carbons (Fsp3) is 0.400. The van der Waals surface area contributed by atoms with Crippen LogP contribution in [0.2, 0.25) is 5.02 Å². The Morgan fingerprint density at radius 2 is 2.22 bits per heavy atom. The number of carbonyl (C=O) groups excluding carboxylic acids is 1. The molecule has 0 aliphatic carbocycles. The Morgan fingerprint density at radius 3 is 2.91 bits per heavy atom. The van der Waals surface area contributed by atoms with Crippen molar-refractivity contribution in [3.05, 3.63) is 35.1 Å². The minimum absolute atomic E-state index is 0.230. The Bertz CT molecular complexity index is 663. The molecule has 0 saturated carbocycles. The van der Waals surface area contributed by atoms with Gasteiger partial charge in [-0.3, -0.25) is 4.79 Å². The number of nitrogens with one attached hydrogen (secondary N) is 1. The first-order valence-corrected chi connectivity index (χ1v) is 8.70. The van der Waals surface area contributed by atoms with E-state index in [2.05, 4.69) is 15.5 Å². The van der Waals surface area contributed by atoms with Gasteiger partial charge in [-0.1, -0.05) is 29.4 Å². The molecule has 124 valence electrons. The number of ether oxygens (including phenoxy) is 1. The van der Waals surface area contributed by atoms with Gasteiger partial charge in [0.1, 0.15) is 0 Å². The Kier molecular flexibility index (Phi) is 6.73. The van der Waals surface area contributed by atoms with Gasteiger partial charge in [-0.05, 0) is 32.0 Å². The summed E-state index contributed by atoms with van der Waals surface area (Å²) < 4.78 is 6.89. The third kappa shape index (κ3) is 5.14. The summed E-state index contributed by atoms with van der Waals surface area (Å²) in [4.78, 5) is 11.4. The molecule has 2 aromatic rings. The zero-order valence-electron chi connectivity index (χ0n) is 13.1. The SMILES string of the molecule is CCOC(=O)CSc1nnc(CNc2cccc(Cl)c2)n1CC. The van der Waals surface area contributed by atoms with E-state index in [0.717, 1.165) is 18.1 Å². The fourth-order valence-electron chi connectivity index (χ4n) is 1.98. The van der Waals surface area contributed by atoms with Crippen LogP contribution in [0.5, 0.6) is 0 Å². The summed E-state index contributed by atoms with van der Waals surface area (Å²) in [5.74, 6) is 0.786. The average molecular weight is 355 g/mol. The van der Waals surface area contributed by atoms with Crippen LogP contribution in [-0.2, 0) is 22.6 Å². The van der Waals surface area contributed by atoms with Crippen LogP contribution in [0.3, 0.4) is 0 Å². The van der Waals surface area contributed by atoms with Crippen LogP contribution < -0.4 is 5.32 Å². The first kappa shape index (κ1) is 17.6. The van der Waals surface area contributed by atoms with E-state index < -0.39 is 0 Å². The van der Waals surface area contributed by atoms with E-state index in [4.69, 9.17) is 16.3 Å². The molecule has 8 heteroatoms. The van der Waals surface area contributed by atoms with Crippen molar-refractivity contribution < 1.29 is 9.53 Å². The van der Waals surface area contributed by atoms with E-state index >= 15 is 0 Å². The molecule has 0 fully saturated rings. The zero-order chi connectivity index (χ0) is 16.7. The van der Waals surface area contributed by atoms with Gasteiger partial charge in [0.2, 0.25) is 0 Å². The molecule has 0 saturated heterocycles. The molecule has 0 bridgehead atoms. The quantitative estimate of drug-likeness (QED) is 0.580. The third-order valence-corrected chi connectivity index (χ3v) is 4.18. The standard InChI is InChI=1S/C15H19ClN4O2S/c1-3-20-13(9-17-12-7-5-6-11(16)8-12)18-19-15(20)23-10-14(21)22-4-2/h5-8,17H,3-4,9-10H2,1-2H3. The second kappa shape index (κ2) is 8.79. The monoisotopic (exact) mass is 354 g/mol. The van der Waals surface area contributed by atoms with Crippen molar-refractivity contribution >= 4 is 35.0 Å². The number of nitrogens with zero attached hydrogens (tertiary/aromatic N) is 3. The number of aromatic nitrogens is 3. The van der Waals surface area contributed by atoms with Crippen molar-refractivity contribution in [2.75, 3.05) is 17.7 Å². The number of hydrogen-bond donors (Lipinski definition) is 1. The Labute approximate surface area is 144 Å². The van der Waals surface area contributed by atoms with Crippen LogP contribution >= 0.6 is 23.4 Å². The lowest BCUT2D eigenvalue weighted by atomic mass is 10.3. The Morgan fingerprint density at radius 1 is 1.39 bits per heavy atom. The molecule has 0 unspecified atom stereocenters. The molecular weight excluding hydrogens is 336 g/mol. The van der Waals surface area contributed by atoms with Gasteiger partial charge in [-0.2, -0.15) is 0 Å². The Hall–Kier alpha value is -1.73. The summed E-state index contributed by atoms with van der Waals surface area (Å²) in [7, 11) is 0. The second-order valence-corrected chi connectivity index (χ2v) is 5.98. The van der Waals surface area contributed by atoms with E-state index in [1.807, 2.05) is 35.8 Å². The van der Waals surface area contributed by atoms with Crippen LogP contribution in [0.4, 0.5) is 5.69 Å². The summed E-state index contributed by atoms with van der Waals surface area (Å²) in [6.45, 7) is 5.44. The molecule has 1 N–H and O–H groups in total. The molecule has 1 aromatic carbocycles. The lowest BCUT2D eigenvalue weighted by Crippen LogP contribution is -2.10. The number of esters is 1. The normalized spacial score (nSPS) is 10.6. The van der Waals surface area contributed by atoms with Crippen LogP contribution in [0.15, 0.2) is 29.4 Å². The number of rotatable bonds is 8. The van der Waals surface area contributed by atoms with Crippen LogP contribution in [0, 0.1) is 0 Å². The van der Waals surface area contributed by atoms with Gasteiger partial charge in [-0.25, -0.2) is 0 Å². The largest absolute Gasteiger partial charge is 0.465 e. The van der Waals surface area contributed by atoms with Crippen molar-refractivity contribution in [2.24, 2.45) is 0 Å². The maximum Gasteiger partial charge on any atom is 0.316 e. The summed E-state index contributed by atoms with van der Waals surface area (Å²) in [5, 5.41) is 13.0. The fourth-order valence-corrected chi connectivity index (χ4v) is 2.99.